The van der Waals surface area contributed by atoms with Crippen LogP contribution in [0.25, 0.3) is 0 Å². The molecule has 1 aromatic carbocycles. The summed E-state index contributed by atoms with van der Waals surface area (Å²) in [5.74, 6) is 0.385. The molecule has 7 nitrogen and oxygen atoms in total. The first-order valence-electron chi connectivity index (χ1n) is 8.10. The third-order valence-electron chi connectivity index (χ3n) is 3.91. The van der Waals surface area contributed by atoms with Crippen LogP contribution in [0.15, 0.2) is 30.5 Å². The molecule has 0 spiro atoms. The summed E-state index contributed by atoms with van der Waals surface area (Å²) in [6.45, 7) is 4.16. The Morgan fingerprint density at radius 2 is 2.04 bits per heavy atom. The Balaban J connectivity index is 2.18. The van der Waals surface area contributed by atoms with Crippen LogP contribution in [0.5, 0.6) is 5.75 Å². The molecule has 0 aliphatic heterocycles. The van der Waals surface area contributed by atoms with Crippen molar-refractivity contribution in [2.24, 2.45) is 0 Å². The van der Waals surface area contributed by atoms with E-state index in [4.69, 9.17) is 0 Å². The molecule has 1 unspecified atom stereocenters. The van der Waals surface area contributed by atoms with Crippen molar-refractivity contribution in [1.29, 1.82) is 0 Å². The largest absolute Gasteiger partial charge is 0.508 e. The average Bonchev–Trinajstić information content (AvgIpc) is 2.58. The van der Waals surface area contributed by atoms with Gasteiger partial charge in [-0.3, -0.25) is 4.79 Å². The van der Waals surface area contributed by atoms with E-state index in [2.05, 4.69) is 9.97 Å². The number of rotatable bonds is 6. The number of likely N-dealkylation sites (N-methyl/N-ethyl adjacent to an activating group) is 1. The molecule has 2 rings (SSSR count). The lowest BCUT2D eigenvalue weighted by Crippen LogP contribution is -2.35. The van der Waals surface area contributed by atoms with Gasteiger partial charge in [0.25, 0.3) is 5.91 Å². The number of aliphatic hydroxyl groups excluding tert-OH is 1. The molecule has 0 aliphatic carbocycles. The third-order valence-corrected chi connectivity index (χ3v) is 3.91. The van der Waals surface area contributed by atoms with E-state index >= 15 is 0 Å². The maximum atomic E-state index is 12.8. The number of phenolic OH excluding ortho intramolecular Hbond substituents is 1. The number of aromatic hydroxyl groups is 1. The molecule has 1 heterocycles. The average molecular weight is 344 g/mol. The van der Waals surface area contributed by atoms with Gasteiger partial charge in [-0.1, -0.05) is 12.1 Å². The molecule has 0 aliphatic rings. The standard InChI is InChI=1S/C18H24N4O3/c1-5-22(11-16(24)13-7-6-8-14(23)9-13)17(25)15-10-19-18(21(3)4)20-12(15)2/h6-10,16,23-24H,5,11H2,1-4H3. The van der Waals surface area contributed by atoms with E-state index in [1.54, 1.807) is 24.0 Å². The van der Waals surface area contributed by atoms with Crippen LogP contribution in [0.4, 0.5) is 5.95 Å². The minimum atomic E-state index is -0.890. The van der Waals surface area contributed by atoms with Gasteiger partial charge < -0.3 is 20.0 Å². The maximum Gasteiger partial charge on any atom is 0.257 e. The van der Waals surface area contributed by atoms with Crippen molar-refractivity contribution in [1.82, 2.24) is 14.9 Å². The second-order valence-corrected chi connectivity index (χ2v) is 6.02. The monoisotopic (exact) mass is 344 g/mol. The number of hydrogen-bond acceptors (Lipinski definition) is 6. The van der Waals surface area contributed by atoms with Crippen LogP contribution in [0.2, 0.25) is 0 Å². The van der Waals surface area contributed by atoms with E-state index in [1.165, 1.54) is 23.2 Å². The highest BCUT2D eigenvalue weighted by Crippen LogP contribution is 2.20. The van der Waals surface area contributed by atoms with E-state index in [0.717, 1.165) is 0 Å². The zero-order chi connectivity index (χ0) is 18.6. The molecule has 1 amide bonds. The molecule has 2 aromatic rings. The number of carbonyl (C=O) groups excluding carboxylic acids is 1. The number of aromatic nitrogens is 2. The summed E-state index contributed by atoms with van der Waals surface area (Å²) in [6, 6.07) is 6.39. The van der Waals surface area contributed by atoms with Crippen LogP contribution < -0.4 is 4.90 Å². The van der Waals surface area contributed by atoms with Crippen LogP contribution in [-0.2, 0) is 0 Å². The first-order chi connectivity index (χ1) is 11.8. The summed E-state index contributed by atoms with van der Waals surface area (Å²) in [5.41, 5.74) is 1.56. The molecular weight excluding hydrogens is 320 g/mol. The van der Waals surface area contributed by atoms with Gasteiger partial charge in [0.05, 0.1) is 23.9 Å². The smallest absolute Gasteiger partial charge is 0.257 e. The Morgan fingerprint density at radius 1 is 1.32 bits per heavy atom. The number of hydrogen-bond donors (Lipinski definition) is 2. The van der Waals surface area contributed by atoms with Gasteiger partial charge in [-0.15, -0.1) is 0 Å². The van der Waals surface area contributed by atoms with Crippen LogP contribution in [-0.4, -0.2) is 58.2 Å². The Morgan fingerprint density at radius 3 is 2.60 bits per heavy atom. The lowest BCUT2D eigenvalue weighted by molar-refractivity contribution is 0.0633. The van der Waals surface area contributed by atoms with Gasteiger partial charge in [-0.05, 0) is 31.5 Å². The lowest BCUT2D eigenvalue weighted by Gasteiger charge is -2.25. The molecule has 25 heavy (non-hydrogen) atoms. The molecule has 7 heteroatoms. The van der Waals surface area contributed by atoms with Crippen molar-refractivity contribution in [2.75, 3.05) is 32.1 Å². The number of anilines is 1. The molecule has 2 N–H and O–H groups in total. The van der Waals surface area contributed by atoms with Crippen molar-refractivity contribution in [3.8, 4) is 5.75 Å². The summed E-state index contributed by atoms with van der Waals surface area (Å²) in [4.78, 5) is 24.6. The van der Waals surface area contributed by atoms with Gasteiger partial charge in [0.15, 0.2) is 0 Å². The van der Waals surface area contributed by atoms with E-state index in [0.29, 0.717) is 29.3 Å². The van der Waals surface area contributed by atoms with E-state index in [1.807, 2.05) is 21.0 Å². The third kappa shape index (κ3) is 4.45. The summed E-state index contributed by atoms with van der Waals surface area (Å²) < 4.78 is 0. The summed E-state index contributed by atoms with van der Waals surface area (Å²) in [7, 11) is 3.67. The Bertz CT molecular complexity index is 749. The van der Waals surface area contributed by atoms with Gasteiger partial charge in [-0.25, -0.2) is 9.97 Å². The highest BCUT2D eigenvalue weighted by atomic mass is 16.3. The van der Waals surface area contributed by atoms with E-state index in [-0.39, 0.29) is 18.2 Å². The van der Waals surface area contributed by atoms with Crippen LogP contribution >= 0.6 is 0 Å². The second kappa shape index (κ2) is 7.94. The Kier molecular flexibility index (Phi) is 5.93. The maximum absolute atomic E-state index is 12.8. The fourth-order valence-electron chi connectivity index (χ4n) is 2.45. The molecule has 0 saturated heterocycles. The van der Waals surface area contributed by atoms with E-state index < -0.39 is 6.10 Å². The Labute approximate surface area is 147 Å². The molecule has 0 radical (unpaired) electrons. The highest BCUT2D eigenvalue weighted by Gasteiger charge is 2.21. The SMILES string of the molecule is CCN(CC(O)c1cccc(O)c1)C(=O)c1cnc(N(C)C)nc1C. The predicted molar refractivity (Wildman–Crippen MR) is 95.7 cm³/mol. The minimum absolute atomic E-state index is 0.0782. The normalized spacial score (nSPS) is 11.9. The van der Waals surface area contributed by atoms with Crippen LogP contribution in [0.1, 0.15) is 34.6 Å². The molecule has 1 aromatic heterocycles. The Hall–Kier alpha value is -2.67. The van der Waals surface area contributed by atoms with Crippen molar-refractivity contribution in [3.63, 3.8) is 0 Å². The first-order valence-corrected chi connectivity index (χ1v) is 8.10. The number of phenols is 1. The highest BCUT2D eigenvalue weighted by molar-refractivity contribution is 5.95. The second-order valence-electron chi connectivity index (χ2n) is 6.02. The first kappa shape index (κ1) is 18.7. The zero-order valence-electron chi connectivity index (χ0n) is 15.0. The number of carbonyl (C=O) groups is 1. The van der Waals surface area contributed by atoms with Gasteiger partial charge >= 0.3 is 0 Å². The van der Waals surface area contributed by atoms with Crippen molar-refractivity contribution >= 4 is 11.9 Å². The van der Waals surface area contributed by atoms with Gasteiger partial charge in [0, 0.05) is 26.8 Å². The molecule has 0 saturated carbocycles. The van der Waals surface area contributed by atoms with Gasteiger partial charge in [0.2, 0.25) is 5.95 Å². The van der Waals surface area contributed by atoms with Crippen molar-refractivity contribution in [2.45, 2.75) is 20.0 Å². The van der Waals surface area contributed by atoms with Crippen molar-refractivity contribution in [3.05, 3.63) is 47.3 Å². The number of amides is 1. The fraction of sp³-hybridized carbons (Fsp3) is 0.389. The summed E-state index contributed by atoms with van der Waals surface area (Å²) in [6.07, 6.45) is 0.627. The molecular formula is C18H24N4O3. The number of aliphatic hydroxyl groups is 1. The number of nitrogens with zero attached hydrogens (tertiary/aromatic N) is 4. The quantitative estimate of drug-likeness (QED) is 0.830. The summed E-state index contributed by atoms with van der Waals surface area (Å²) >= 11 is 0. The van der Waals surface area contributed by atoms with E-state index in [9.17, 15) is 15.0 Å². The predicted octanol–water partition coefficient (Wildman–Crippen LogP) is 1.75. The van der Waals surface area contributed by atoms with Crippen LogP contribution in [0, 0.1) is 6.92 Å². The fourth-order valence-corrected chi connectivity index (χ4v) is 2.45. The van der Waals surface area contributed by atoms with Gasteiger partial charge in [0.1, 0.15) is 5.75 Å². The molecule has 134 valence electrons. The number of aryl methyl sites for hydroxylation is 1. The van der Waals surface area contributed by atoms with Crippen molar-refractivity contribution < 1.29 is 15.0 Å². The lowest BCUT2D eigenvalue weighted by atomic mass is 10.1. The van der Waals surface area contributed by atoms with Gasteiger partial charge in [-0.2, -0.15) is 0 Å². The molecule has 1 atom stereocenters. The zero-order valence-corrected chi connectivity index (χ0v) is 15.0. The minimum Gasteiger partial charge on any atom is -0.508 e. The molecule has 0 bridgehead atoms. The molecule has 0 fully saturated rings. The topological polar surface area (TPSA) is 89.8 Å². The van der Waals surface area contributed by atoms with Crippen LogP contribution in [0.3, 0.4) is 0 Å². The summed E-state index contributed by atoms with van der Waals surface area (Å²) in [5, 5.41) is 19.9. The number of benzene rings is 1.